The highest BCUT2D eigenvalue weighted by Gasteiger charge is 2.33. The molecule has 1 heterocycles. The molecule has 4 rings (SSSR count). The van der Waals surface area contributed by atoms with Gasteiger partial charge in [-0.15, -0.1) is 11.3 Å². The Balaban J connectivity index is 1.91. The molecular weight excluding hydrogens is 560 g/mol. The molecule has 0 spiro atoms. The summed E-state index contributed by atoms with van der Waals surface area (Å²) in [7, 11) is 1.92. The second kappa shape index (κ2) is 14.1. The summed E-state index contributed by atoms with van der Waals surface area (Å²) >= 11 is 1.15. The van der Waals surface area contributed by atoms with Crippen molar-refractivity contribution in [2.45, 2.75) is 33.5 Å². The minimum absolute atomic E-state index is 0.0205. The number of nitrogen functional groups attached to an aromatic ring is 1. The maximum atomic E-state index is 14.8. The van der Waals surface area contributed by atoms with Crippen molar-refractivity contribution in [2.75, 3.05) is 30.9 Å². The van der Waals surface area contributed by atoms with Gasteiger partial charge < -0.3 is 15.2 Å². The minimum Gasteiger partial charge on any atom is -0.462 e. The van der Waals surface area contributed by atoms with Crippen LogP contribution in [0.15, 0.2) is 72.8 Å². The van der Waals surface area contributed by atoms with Crippen molar-refractivity contribution >= 4 is 34.1 Å². The Hall–Kier alpha value is -4.28. The number of rotatable bonds is 11. The van der Waals surface area contributed by atoms with Gasteiger partial charge in [-0.2, -0.15) is 0 Å². The lowest BCUT2D eigenvalue weighted by atomic mass is 10.0. The number of ether oxygens (including phenoxy) is 2. The topological polar surface area (TPSA) is 85.1 Å². The minimum atomic E-state index is -0.847. The molecule has 0 saturated carbocycles. The fourth-order valence-corrected chi connectivity index (χ4v) is 5.85. The maximum absolute atomic E-state index is 14.8. The Bertz CT molecular complexity index is 1510. The number of hydrogen-bond donors (Lipinski definition) is 1. The first kappa shape index (κ1) is 30.7. The largest absolute Gasteiger partial charge is 0.462 e. The Morgan fingerprint density at radius 1 is 0.810 bits per heavy atom. The van der Waals surface area contributed by atoms with Crippen molar-refractivity contribution < 1.29 is 27.8 Å². The van der Waals surface area contributed by atoms with Crippen LogP contribution >= 0.6 is 11.3 Å². The highest BCUT2D eigenvalue weighted by Crippen LogP contribution is 2.44. The van der Waals surface area contributed by atoms with Crippen LogP contribution in [0, 0.1) is 11.6 Å². The molecule has 220 valence electrons. The third-order valence-corrected chi connectivity index (χ3v) is 7.78. The van der Waals surface area contributed by atoms with E-state index in [4.69, 9.17) is 15.2 Å². The average Bonchev–Trinajstić information content (AvgIpc) is 3.32. The van der Waals surface area contributed by atoms with E-state index in [1.165, 1.54) is 6.07 Å². The molecule has 0 atom stereocenters. The number of benzene rings is 3. The van der Waals surface area contributed by atoms with Gasteiger partial charge in [0.15, 0.2) is 0 Å². The second-order valence-corrected chi connectivity index (χ2v) is 10.6. The van der Waals surface area contributed by atoms with Gasteiger partial charge in [0.05, 0.1) is 25.3 Å². The van der Waals surface area contributed by atoms with Crippen LogP contribution < -0.4 is 10.6 Å². The Morgan fingerprint density at radius 3 is 2.07 bits per heavy atom. The van der Waals surface area contributed by atoms with Crippen molar-refractivity contribution in [3.8, 4) is 10.4 Å². The maximum Gasteiger partial charge on any atom is 0.415 e. The molecule has 2 N–H and O–H groups in total. The summed E-state index contributed by atoms with van der Waals surface area (Å²) in [6.07, 6.45) is -0.847. The molecule has 7 nitrogen and oxygen atoms in total. The molecule has 0 saturated heterocycles. The van der Waals surface area contributed by atoms with Crippen molar-refractivity contribution in [2.24, 2.45) is 0 Å². The first-order valence-corrected chi connectivity index (χ1v) is 14.3. The molecule has 0 unspecified atom stereocenters. The van der Waals surface area contributed by atoms with Gasteiger partial charge >= 0.3 is 12.1 Å². The second-order valence-electron chi connectivity index (χ2n) is 9.58. The summed E-state index contributed by atoms with van der Waals surface area (Å²) in [4.78, 5) is 30.8. The van der Waals surface area contributed by atoms with E-state index in [2.05, 4.69) is 0 Å². The summed E-state index contributed by atoms with van der Waals surface area (Å²) < 4.78 is 40.4. The fraction of sp³-hybridized carbons (Fsp3) is 0.250. The van der Waals surface area contributed by atoms with Gasteiger partial charge in [-0.25, -0.2) is 18.4 Å². The van der Waals surface area contributed by atoms with E-state index in [-0.39, 0.29) is 29.3 Å². The zero-order valence-corrected chi connectivity index (χ0v) is 24.5. The quantitative estimate of drug-likeness (QED) is 0.146. The lowest BCUT2D eigenvalue weighted by Crippen LogP contribution is -2.32. The third-order valence-electron chi connectivity index (χ3n) is 6.48. The van der Waals surface area contributed by atoms with Crippen LogP contribution in [0.4, 0.5) is 24.3 Å². The van der Waals surface area contributed by atoms with Gasteiger partial charge in [0.2, 0.25) is 0 Å². The molecule has 1 aromatic heterocycles. The molecule has 0 bridgehead atoms. The number of nitrogens with two attached hydrogens (primary N) is 1. The lowest BCUT2D eigenvalue weighted by Gasteiger charge is -2.23. The predicted molar refractivity (Wildman–Crippen MR) is 161 cm³/mol. The molecule has 0 aliphatic rings. The van der Waals surface area contributed by atoms with Gasteiger partial charge in [0.25, 0.3) is 0 Å². The van der Waals surface area contributed by atoms with Gasteiger partial charge in [-0.1, -0.05) is 48.5 Å². The molecule has 1 amide bonds. The van der Waals surface area contributed by atoms with Crippen LogP contribution in [-0.4, -0.2) is 37.2 Å². The molecule has 0 radical (unpaired) electrons. The number of thiophene rings is 1. The summed E-state index contributed by atoms with van der Waals surface area (Å²) in [6.45, 7) is 3.82. The van der Waals surface area contributed by atoms with E-state index in [0.29, 0.717) is 29.2 Å². The van der Waals surface area contributed by atoms with Crippen LogP contribution in [0.3, 0.4) is 0 Å². The van der Waals surface area contributed by atoms with Crippen LogP contribution in [0.5, 0.6) is 0 Å². The van der Waals surface area contributed by atoms with Crippen molar-refractivity contribution in [3.63, 3.8) is 0 Å². The average molecular weight is 594 g/mol. The number of anilines is 2. The molecule has 3 aromatic carbocycles. The number of carbonyl (C=O) groups excluding carboxylic acids is 2. The van der Waals surface area contributed by atoms with Gasteiger partial charge in [0.1, 0.15) is 16.6 Å². The molecule has 0 fully saturated rings. The molecule has 4 aromatic rings. The van der Waals surface area contributed by atoms with Crippen LogP contribution in [0.2, 0.25) is 0 Å². The monoisotopic (exact) mass is 593 g/mol. The SMILES string of the molecule is CCOC(=O)c1c(N(Cc2c(F)cccc2F)C(=O)OCC)sc(-c2ccc(N)cc2)c1CN(C)Cc1ccccc1. The first-order valence-electron chi connectivity index (χ1n) is 13.5. The van der Waals surface area contributed by atoms with E-state index in [1.54, 1.807) is 26.0 Å². The van der Waals surface area contributed by atoms with Crippen molar-refractivity contribution in [1.29, 1.82) is 0 Å². The highest BCUT2D eigenvalue weighted by molar-refractivity contribution is 7.20. The standard InChI is InChI=1S/C32H33F2N3O4S/c1-4-40-31(38)28-25(19-36(3)18-21-10-7-6-8-11-21)29(22-14-16-23(35)17-15-22)42-30(28)37(32(39)41-5-2)20-24-26(33)12-9-13-27(24)34/h6-17H,4-5,18-20,35H2,1-3H3. The number of halogens is 2. The van der Waals surface area contributed by atoms with Crippen LogP contribution in [-0.2, 0) is 29.1 Å². The number of hydrogen-bond acceptors (Lipinski definition) is 7. The van der Waals surface area contributed by atoms with E-state index in [0.717, 1.165) is 39.5 Å². The molecular formula is C32H33F2N3O4S. The summed E-state index contributed by atoms with van der Waals surface area (Å²) in [5.74, 6) is -2.29. The number of amides is 1. The van der Waals surface area contributed by atoms with Gasteiger partial charge in [-0.05, 0) is 56.3 Å². The molecule has 0 aliphatic carbocycles. The zero-order valence-electron chi connectivity index (χ0n) is 23.7. The number of carbonyl (C=O) groups is 2. The van der Waals surface area contributed by atoms with E-state index in [1.807, 2.05) is 54.4 Å². The van der Waals surface area contributed by atoms with Crippen molar-refractivity contribution in [3.05, 3.63) is 107 Å². The van der Waals surface area contributed by atoms with E-state index >= 15 is 0 Å². The highest BCUT2D eigenvalue weighted by atomic mass is 32.1. The van der Waals surface area contributed by atoms with Gasteiger partial charge in [-0.3, -0.25) is 9.80 Å². The summed E-state index contributed by atoms with van der Waals surface area (Å²) in [5, 5.41) is 0.171. The lowest BCUT2D eigenvalue weighted by molar-refractivity contribution is 0.0525. The van der Waals surface area contributed by atoms with E-state index < -0.39 is 30.2 Å². The summed E-state index contributed by atoms with van der Waals surface area (Å²) in [6, 6.07) is 20.5. The fourth-order valence-electron chi connectivity index (χ4n) is 4.56. The Morgan fingerprint density at radius 2 is 1.45 bits per heavy atom. The Labute approximate surface area is 248 Å². The first-order chi connectivity index (χ1) is 20.2. The molecule has 42 heavy (non-hydrogen) atoms. The van der Waals surface area contributed by atoms with Crippen molar-refractivity contribution in [1.82, 2.24) is 4.90 Å². The smallest absolute Gasteiger partial charge is 0.415 e. The molecule has 10 heteroatoms. The molecule has 0 aliphatic heterocycles. The number of nitrogens with zero attached hydrogens (tertiary/aromatic N) is 2. The number of esters is 1. The Kier molecular flexibility index (Phi) is 10.3. The predicted octanol–water partition coefficient (Wildman–Crippen LogP) is 7.25. The zero-order chi connectivity index (χ0) is 30.2. The van der Waals surface area contributed by atoms with E-state index in [9.17, 15) is 18.4 Å². The van der Waals surface area contributed by atoms with Crippen LogP contribution in [0.25, 0.3) is 10.4 Å². The summed E-state index contributed by atoms with van der Waals surface area (Å²) in [5.41, 5.74) is 8.76. The van der Waals surface area contributed by atoms with Crippen LogP contribution in [0.1, 0.15) is 40.9 Å². The van der Waals surface area contributed by atoms with Gasteiger partial charge in [0, 0.05) is 34.8 Å². The normalized spacial score (nSPS) is 11.0. The third kappa shape index (κ3) is 7.13.